The molecule has 5 N–H and O–H groups in total. The van der Waals surface area contributed by atoms with Crippen molar-refractivity contribution in [3.8, 4) is 0 Å². The van der Waals surface area contributed by atoms with Crippen LogP contribution in [-0.2, 0) is 11.2 Å². The van der Waals surface area contributed by atoms with Crippen molar-refractivity contribution in [3.63, 3.8) is 0 Å². The Balaban J connectivity index is -0.000000281. The molecule has 0 amide bonds. The van der Waals surface area contributed by atoms with Gasteiger partial charge >= 0.3 is 35.5 Å². The molecule has 5 heteroatoms. The number of hydrogen-bond donors (Lipinski definition) is 1. The molecule has 0 unspecified atom stereocenters. The first-order valence-electron chi connectivity index (χ1n) is 5.32. The van der Waals surface area contributed by atoms with Crippen molar-refractivity contribution in [1.29, 1.82) is 0 Å². The van der Waals surface area contributed by atoms with Gasteiger partial charge in [0, 0.05) is 0 Å². The van der Waals surface area contributed by atoms with Crippen LogP contribution in [0.15, 0.2) is 24.3 Å². The average Bonchev–Trinajstić information content (AvgIpc) is 2.17. The standard InChI is InChI=1S/C13H18O2.Na.2H2O.H/c1-9(2)8-11-4-6-12(7-5-11)10(3)13(14)15;;;;/h4-7,9-10H,8H2,1-3H3,(H,14,15);;2*1H2;/q;+1;;;-1/t10-;;;;/m0..../s1. The third-order valence-electron chi connectivity index (χ3n) is 2.49. The molecule has 0 aliphatic rings. The smallest absolute Gasteiger partial charge is 1.00 e. The zero-order valence-electron chi connectivity index (χ0n) is 12.5. The molecule has 0 saturated carbocycles. The summed E-state index contributed by atoms with van der Waals surface area (Å²) in [7, 11) is 0. The first-order chi connectivity index (χ1) is 7.00. The number of carboxylic acids is 1. The molecule has 0 saturated heterocycles. The van der Waals surface area contributed by atoms with Crippen molar-refractivity contribution in [2.24, 2.45) is 5.92 Å². The summed E-state index contributed by atoms with van der Waals surface area (Å²) in [5, 5.41) is 8.85. The molecule has 4 nitrogen and oxygen atoms in total. The van der Waals surface area contributed by atoms with Gasteiger partial charge in [-0.1, -0.05) is 38.1 Å². The van der Waals surface area contributed by atoms with Gasteiger partial charge in [-0.15, -0.1) is 0 Å². The normalized spacial score (nSPS) is 10.7. The van der Waals surface area contributed by atoms with Crippen molar-refractivity contribution >= 4 is 5.97 Å². The Kier molecular flexibility index (Phi) is 13.3. The summed E-state index contributed by atoms with van der Waals surface area (Å²) < 4.78 is 0. The maximum atomic E-state index is 10.8. The summed E-state index contributed by atoms with van der Waals surface area (Å²) in [5.74, 6) is -0.558. The molecule has 1 atom stereocenters. The SMILES string of the molecule is CC(C)Cc1ccc([C@H](C)C(=O)O)cc1.O.O.[H-].[Na+]. The zero-order chi connectivity index (χ0) is 11.4. The molecule has 0 aliphatic carbocycles. The van der Waals surface area contributed by atoms with E-state index in [4.69, 9.17) is 5.11 Å². The van der Waals surface area contributed by atoms with Crippen LogP contribution in [0.3, 0.4) is 0 Å². The summed E-state index contributed by atoms with van der Waals surface area (Å²) >= 11 is 0. The second-order valence-electron chi connectivity index (χ2n) is 4.40. The van der Waals surface area contributed by atoms with Crippen molar-refractivity contribution in [1.82, 2.24) is 0 Å². The van der Waals surface area contributed by atoms with Crippen molar-refractivity contribution in [2.75, 3.05) is 0 Å². The Labute approximate surface area is 132 Å². The molecule has 0 spiro atoms. The topological polar surface area (TPSA) is 100 Å². The molecule has 1 aromatic rings. The summed E-state index contributed by atoms with van der Waals surface area (Å²) in [5.41, 5.74) is 2.14. The minimum atomic E-state index is -0.772. The molecular weight excluding hydrogens is 243 g/mol. The van der Waals surface area contributed by atoms with Crippen LogP contribution in [0.4, 0.5) is 0 Å². The minimum Gasteiger partial charge on any atom is -1.00 e. The average molecular weight is 266 g/mol. The molecule has 18 heavy (non-hydrogen) atoms. The van der Waals surface area contributed by atoms with Gasteiger partial charge in [0.25, 0.3) is 0 Å². The van der Waals surface area contributed by atoms with Crippen LogP contribution in [0.2, 0.25) is 0 Å². The second kappa shape index (κ2) is 10.5. The molecular formula is C13H23NaO4. The van der Waals surface area contributed by atoms with E-state index < -0.39 is 11.9 Å². The van der Waals surface area contributed by atoms with E-state index in [1.165, 1.54) is 5.56 Å². The molecule has 0 bridgehead atoms. The Morgan fingerprint density at radius 2 is 1.61 bits per heavy atom. The van der Waals surface area contributed by atoms with Gasteiger partial charge in [-0.05, 0) is 30.4 Å². The Morgan fingerprint density at radius 3 is 1.94 bits per heavy atom. The van der Waals surface area contributed by atoms with Gasteiger partial charge < -0.3 is 17.5 Å². The fraction of sp³-hybridized carbons (Fsp3) is 0.462. The summed E-state index contributed by atoms with van der Waals surface area (Å²) in [6.07, 6.45) is 1.04. The molecule has 0 fully saturated rings. The molecule has 0 radical (unpaired) electrons. The van der Waals surface area contributed by atoms with E-state index in [-0.39, 0.29) is 41.9 Å². The quantitative estimate of drug-likeness (QED) is 0.673. The van der Waals surface area contributed by atoms with E-state index >= 15 is 0 Å². The maximum absolute atomic E-state index is 10.8. The van der Waals surface area contributed by atoms with E-state index in [1.54, 1.807) is 6.92 Å². The monoisotopic (exact) mass is 266 g/mol. The van der Waals surface area contributed by atoms with Gasteiger partial charge in [-0.2, -0.15) is 0 Å². The van der Waals surface area contributed by atoms with Gasteiger partial charge in [0.05, 0.1) is 5.92 Å². The number of aliphatic carboxylic acids is 1. The fourth-order valence-electron chi connectivity index (χ4n) is 1.56. The molecule has 100 valence electrons. The number of hydrogen-bond acceptors (Lipinski definition) is 1. The van der Waals surface area contributed by atoms with Crippen LogP contribution in [0.25, 0.3) is 0 Å². The van der Waals surface area contributed by atoms with Crippen LogP contribution in [0, 0.1) is 5.92 Å². The first-order valence-corrected chi connectivity index (χ1v) is 5.32. The Bertz CT molecular complexity index is 341. The van der Waals surface area contributed by atoms with E-state index in [0.29, 0.717) is 5.92 Å². The van der Waals surface area contributed by atoms with Crippen LogP contribution >= 0.6 is 0 Å². The molecule has 0 heterocycles. The third kappa shape index (κ3) is 7.13. The number of carboxylic acid groups (broad SMARTS) is 1. The second-order valence-corrected chi connectivity index (χ2v) is 4.40. The van der Waals surface area contributed by atoms with Gasteiger partial charge in [-0.3, -0.25) is 4.79 Å². The van der Waals surface area contributed by atoms with E-state index in [1.807, 2.05) is 24.3 Å². The zero-order valence-corrected chi connectivity index (χ0v) is 13.5. The van der Waals surface area contributed by atoms with E-state index in [2.05, 4.69) is 13.8 Å². The van der Waals surface area contributed by atoms with Crippen molar-refractivity contribution < 1.29 is 51.8 Å². The number of benzene rings is 1. The fourth-order valence-corrected chi connectivity index (χ4v) is 1.56. The Morgan fingerprint density at radius 1 is 1.17 bits per heavy atom. The summed E-state index contributed by atoms with van der Waals surface area (Å²) in [6.45, 7) is 6.06. The first kappa shape index (κ1) is 22.8. The van der Waals surface area contributed by atoms with Crippen molar-refractivity contribution in [3.05, 3.63) is 35.4 Å². The van der Waals surface area contributed by atoms with Gasteiger partial charge in [0.2, 0.25) is 0 Å². The third-order valence-corrected chi connectivity index (χ3v) is 2.49. The van der Waals surface area contributed by atoms with Gasteiger partial charge in [0.1, 0.15) is 0 Å². The van der Waals surface area contributed by atoms with Gasteiger partial charge in [0.15, 0.2) is 0 Å². The summed E-state index contributed by atoms with van der Waals surface area (Å²) in [6, 6.07) is 7.87. The van der Waals surface area contributed by atoms with Crippen LogP contribution in [0.5, 0.6) is 0 Å². The molecule has 1 aromatic carbocycles. The van der Waals surface area contributed by atoms with E-state index in [0.717, 1.165) is 12.0 Å². The summed E-state index contributed by atoms with van der Waals surface area (Å²) in [4.78, 5) is 10.8. The van der Waals surface area contributed by atoms with Crippen LogP contribution < -0.4 is 29.6 Å². The number of rotatable bonds is 4. The predicted octanol–water partition coefficient (Wildman–Crippen LogP) is -1.46. The van der Waals surface area contributed by atoms with Gasteiger partial charge in [-0.25, -0.2) is 0 Å². The predicted molar refractivity (Wildman–Crippen MR) is 69.4 cm³/mol. The molecule has 0 aliphatic heterocycles. The number of carbonyl (C=O) groups is 1. The minimum absolute atomic E-state index is 0. The maximum Gasteiger partial charge on any atom is 1.00 e. The largest absolute Gasteiger partial charge is 1.00 e. The van der Waals surface area contributed by atoms with Crippen LogP contribution in [0.1, 0.15) is 39.2 Å². The Hall–Kier alpha value is -0.390. The van der Waals surface area contributed by atoms with Crippen LogP contribution in [-0.4, -0.2) is 22.0 Å². The molecule has 0 aromatic heterocycles. The van der Waals surface area contributed by atoms with E-state index in [9.17, 15) is 4.79 Å². The van der Waals surface area contributed by atoms with Crippen molar-refractivity contribution in [2.45, 2.75) is 33.1 Å². The molecule has 1 rings (SSSR count).